The average Bonchev–Trinajstić information content (AvgIpc) is 2.38. The molecule has 0 unspecified atom stereocenters. The van der Waals surface area contributed by atoms with Gasteiger partial charge in [0.2, 0.25) is 0 Å². The highest BCUT2D eigenvalue weighted by molar-refractivity contribution is 5.66. The maximum Gasteiger partial charge on any atom is 0.416 e. The third-order valence-corrected chi connectivity index (χ3v) is 2.68. The van der Waals surface area contributed by atoms with Gasteiger partial charge in [0.05, 0.1) is 12.7 Å². The van der Waals surface area contributed by atoms with Gasteiger partial charge in [0.1, 0.15) is 5.82 Å². The second kappa shape index (κ2) is 5.11. The smallest absolute Gasteiger partial charge is 0.416 e. The average molecular weight is 287 g/mol. The number of hydrogen-bond acceptors (Lipinski definition) is 1. The Morgan fingerprint density at radius 3 is 2.35 bits per heavy atom. The number of methoxy groups -OCH3 is 1. The van der Waals surface area contributed by atoms with Crippen LogP contribution in [0.4, 0.5) is 22.0 Å². The van der Waals surface area contributed by atoms with Crippen LogP contribution in [0.15, 0.2) is 30.3 Å². The summed E-state index contributed by atoms with van der Waals surface area (Å²) in [6, 6.07) is 6.90. The number of alkyl halides is 3. The minimum atomic E-state index is -4.66. The van der Waals surface area contributed by atoms with Crippen LogP contribution in [0.2, 0.25) is 0 Å². The quantitative estimate of drug-likeness (QED) is 0.741. The molecule has 2 aromatic carbocycles. The first kappa shape index (κ1) is 14.3. The van der Waals surface area contributed by atoms with Crippen LogP contribution in [-0.4, -0.2) is 7.11 Å². The Kier molecular flexibility index (Phi) is 3.65. The predicted molar refractivity (Wildman–Crippen MR) is 62.2 cm³/mol. The molecule has 1 radical (unpaired) electrons. The van der Waals surface area contributed by atoms with Gasteiger partial charge < -0.3 is 4.74 Å². The van der Waals surface area contributed by atoms with E-state index in [2.05, 4.69) is 6.07 Å². The van der Waals surface area contributed by atoms with Gasteiger partial charge in [-0.3, -0.25) is 0 Å². The predicted octanol–water partition coefficient (Wildman–Crippen LogP) is 4.46. The van der Waals surface area contributed by atoms with Crippen molar-refractivity contribution in [3.8, 4) is 16.9 Å². The Labute approximate surface area is 111 Å². The lowest BCUT2D eigenvalue weighted by Gasteiger charge is -2.11. The highest BCUT2D eigenvalue weighted by atomic mass is 19.4. The van der Waals surface area contributed by atoms with Crippen molar-refractivity contribution in [1.29, 1.82) is 0 Å². The molecule has 0 bridgehead atoms. The summed E-state index contributed by atoms with van der Waals surface area (Å²) < 4.78 is 69.7. The molecule has 0 aliphatic rings. The summed E-state index contributed by atoms with van der Waals surface area (Å²) in [6.45, 7) is 0. The Balaban J connectivity index is 2.55. The van der Waals surface area contributed by atoms with Gasteiger partial charge in [-0.15, -0.1) is 0 Å². The van der Waals surface area contributed by atoms with Gasteiger partial charge >= 0.3 is 6.18 Å². The highest BCUT2D eigenvalue weighted by Crippen LogP contribution is 2.34. The third-order valence-electron chi connectivity index (χ3n) is 2.68. The van der Waals surface area contributed by atoms with Crippen LogP contribution in [0.5, 0.6) is 5.75 Å². The van der Waals surface area contributed by atoms with Crippen LogP contribution in [0.3, 0.4) is 0 Å². The zero-order valence-corrected chi connectivity index (χ0v) is 10.2. The Bertz CT molecular complexity index is 634. The van der Waals surface area contributed by atoms with Gasteiger partial charge in [0, 0.05) is 11.1 Å². The van der Waals surface area contributed by atoms with Crippen LogP contribution in [0.25, 0.3) is 11.1 Å². The minimum absolute atomic E-state index is 0.141. The van der Waals surface area contributed by atoms with Crippen LogP contribution in [0, 0.1) is 17.7 Å². The molecule has 0 saturated carbocycles. The molecule has 20 heavy (non-hydrogen) atoms. The maximum atomic E-state index is 13.9. The van der Waals surface area contributed by atoms with Gasteiger partial charge in [-0.25, -0.2) is 8.78 Å². The first-order chi connectivity index (χ1) is 9.34. The van der Waals surface area contributed by atoms with Crippen molar-refractivity contribution in [2.75, 3.05) is 7.11 Å². The topological polar surface area (TPSA) is 9.23 Å². The monoisotopic (exact) mass is 287 g/mol. The lowest BCUT2D eigenvalue weighted by molar-refractivity contribution is -0.137. The number of ether oxygens (including phenoxy) is 1. The summed E-state index contributed by atoms with van der Waals surface area (Å²) in [6.07, 6.45) is -4.66. The number of benzene rings is 2. The fourth-order valence-corrected chi connectivity index (χ4v) is 1.71. The van der Waals surface area contributed by atoms with Gasteiger partial charge in [-0.05, 0) is 30.3 Å². The molecule has 0 saturated heterocycles. The molecule has 0 fully saturated rings. The molecule has 0 aliphatic carbocycles. The zero-order valence-electron chi connectivity index (χ0n) is 10.2. The molecule has 2 rings (SSSR count). The van der Waals surface area contributed by atoms with E-state index >= 15 is 0 Å². The first-order valence-electron chi connectivity index (χ1n) is 5.46. The molecule has 6 heteroatoms. The molecule has 2 aromatic rings. The molecule has 105 valence electrons. The Morgan fingerprint density at radius 1 is 1.10 bits per heavy atom. The molecule has 0 N–H and O–H groups in total. The Hall–Kier alpha value is -2.11. The summed E-state index contributed by atoms with van der Waals surface area (Å²) >= 11 is 0. The minimum Gasteiger partial charge on any atom is -0.494 e. The summed E-state index contributed by atoms with van der Waals surface area (Å²) in [5.74, 6) is -2.20. The van der Waals surface area contributed by atoms with Gasteiger partial charge in [0.15, 0.2) is 11.6 Å². The van der Waals surface area contributed by atoms with E-state index in [4.69, 9.17) is 4.74 Å². The molecule has 0 atom stereocenters. The van der Waals surface area contributed by atoms with Gasteiger partial charge in [-0.2, -0.15) is 13.2 Å². The van der Waals surface area contributed by atoms with Crippen molar-refractivity contribution in [2.24, 2.45) is 0 Å². The van der Waals surface area contributed by atoms with Crippen molar-refractivity contribution in [3.05, 3.63) is 53.6 Å². The fourth-order valence-electron chi connectivity index (χ4n) is 1.71. The van der Waals surface area contributed by atoms with Crippen molar-refractivity contribution in [1.82, 2.24) is 0 Å². The normalized spacial score (nSPS) is 11.5. The summed E-state index contributed by atoms with van der Waals surface area (Å²) in [5, 5.41) is 0. The lowest BCUT2D eigenvalue weighted by Crippen LogP contribution is -2.05. The first-order valence-corrected chi connectivity index (χ1v) is 5.46. The van der Waals surface area contributed by atoms with Crippen LogP contribution < -0.4 is 4.74 Å². The summed E-state index contributed by atoms with van der Waals surface area (Å²) in [4.78, 5) is 0. The molecule has 0 aromatic heterocycles. The zero-order chi connectivity index (χ0) is 14.9. The maximum absolute atomic E-state index is 13.9. The lowest BCUT2D eigenvalue weighted by atomic mass is 10.0. The van der Waals surface area contributed by atoms with E-state index in [0.717, 1.165) is 6.07 Å². The molecule has 0 spiro atoms. The van der Waals surface area contributed by atoms with Crippen LogP contribution in [0.1, 0.15) is 5.56 Å². The fraction of sp³-hybridized carbons (Fsp3) is 0.143. The van der Waals surface area contributed by atoms with Crippen molar-refractivity contribution >= 4 is 0 Å². The van der Waals surface area contributed by atoms with E-state index in [-0.39, 0.29) is 16.9 Å². The largest absolute Gasteiger partial charge is 0.494 e. The van der Waals surface area contributed by atoms with E-state index in [9.17, 15) is 22.0 Å². The molecule has 0 heterocycles. The molecule has 0 amide bonds. The van der Waals surface area contributed by atoms with E-state index in [1.807, 2.05) is 0 Å². The van der Waals surface area contributed by atoms with E-state index in [0.29, 0.717) is 12.1 Å². The van der Waals surface area contributed by atoms with Crippen LogP contribution in [-0.2, 0) is 6.18 Å². The number of halogens is 5. The second-order valence-corrected chi connectivity index (χ2v) is 3.93. The summed E-state index contributed by atoms with van der Waals surface area (Å²) in [7, 11) is 1.23. The van der Waals surface area contributed by atoms with Gasteiger partial charge in [0.25, 0.3) is 0 Å². The number of hydrogen-bond donors (Lipinski definition) is 0. The standard InChI is InChI=1S/C14H8F5O/c1-20-12-4-2-3-10(13(12)16)9-6-5-8(7-11(9)15)14(17,18)19/h2,4-7H,1H3. The SMILES string of the molecule is COc1cc[c]c(-c2ccc(C(F)(F)F)cc2F)c1F. The van der Waals surface area contributed by atoms with E-state index < -0.39 is 23.4 Å². The molecule has 1 nitrogen and oxygen atoms in total. The second-order valence-electron chi connectivity index (χ2n) is 3.93. The van der Waals surface area contributed by atoms with Crippen molar-refractivity contribution in [2.45, 2.75) is 6.18 Å². The van der Waals surface area contributed by atoms with Gasteiger partial charge in [-0.1, -0.05) is 6.07 Å². The van der Waals surface area contributed by atoms with Crippen molar-refractivity contribution < 1.29 is 26.7 Å². The highest BCUT2D eigenvalue weighted by Gasteiger charge is 2.31. The molecular formula is C14H8F5O. The van der Waals surface area contributed by atoms with E-state index in [1.165, 1.54) is 19.2 Å². The summed E-state index contributed by atoms with van der Waals surface area (Å²) in [5.41, 5.74) is -1.73. The molecule has 0 aliphatic heterocycles. The molecular weight excluding hydrogens is 279 g/mol. The van der Waals surface area contributed by atoms with Crippen LogP contribution >= 0.6 is 0 Å². The third kappa shape index (κ3) is 2.59. The van der Waals surface area contributed by atoms with Crippen molar-refractivity contribution in [3.63, 3.8) is 0 Å². The number of rotatable bonds is 2. The van der Waals surface area contributed by atoms with E-state index in [1.54, 1.807) is 0 Å². The Morgan fingerprint density at radius 2 is 1.80 bits per heavy atom.